The number of fused-ring (bicyclic) bond motifs is 2. The average molecular weight is 366 g/mol. The summed E-state index contributed by atoms with van der Waals surface area (Å²) >= 11 is 1.49. The van der Waals surface area contributed by atoms with Crippen LogP contribution in [0.5, 0.6) is 0 Å². The SMILES string of the molecule is COC(=O)c1c(NC(=O)c2ccnc3ccccc23)sc2c1CCCC2. The molecule has 1 aliphatic rings. The third-order valence-electron chi connectivity index (χ3n) is 4.68. The van der Waals surface area contributed by atoms with Gasteiger partial charge in [-0.15, -0.1) is 11.3 Å². The number of hydrogen-bond acceptors (Lipinski definition) is 5. The van der Waals surface area contributed by atoms with Crippen molar-refractivity contribution >= 4 is 39.1 Å². The topological polar surface area (TPSA) is 68.3 Å². The lowest BCUT2D eigenvalue weighted by Crippen LogP contribution is -2.15. The fourth-order valence-electron chi connectivity index (χ4n) is 3.44. The van der Waals surface area contributed by atoms with Crippen LogP contribution in [0.1, 0.15) is 44.0 Å². The monoisotopic (exact) mass is 366 g/mol. The molecule has 0 spiro atoms. The summed E-state index contributed by atoms with van der Waals surface area (Å²) < 4.78 is 4.97. The number of thiophene rings is 1. The van der Waals surface area contributed by atoms with Gasteiger partial charge in [-0.1, -0.05) is 18.2 Å². The molecular formula is C20H18N2O3S. The van der Waals surface area contributed by atoms with Crippen LogP contribution < -0.4 is 5.32 Å². The molecule has 6 heteroatoms. The molecule has 0 saturated carbocycles. The predicted octanol–water partition coefficient (Wildman–Crippen LogP) is 4.21. The molecule has 4 rings (SSSR count). The van der Waals surface area contributed by atoms with Crippen molar-refractivity contribution in [2.24, 2.45) is 0 Å². The second kappa shape index (κ2) is 6.88. The summed E-state index contributed by atoms with van der Waals surface area (Å²) in [7, 11) is 1.37. The number of hydrogen-bond donors (Lipinski definition) is 1. The molecule has 0 radical (unpaired) electrons. The third-order valence-corrected chi connectivity index (χ3v) is 5.89. The zero-order valence-electron chi connectivity index (χ0n) is 14.4. The number of rotatable bonds is 3. The Bertz CT molecular complexity index is 1000. The largest absolute Gasteiger partial charge is 0.465 e. The minimum absolute atomic E-state index is 0.243. The van der Waals surface area contributed by atoms with Gasteiger partial charge in [0, 0.05) is 16.5 Å². The molecule has 5 nitrogen and oxygen atoms in total. The van der Waals surface area contributed by atoms with E-state index < -0.39 is 0 Å². The molecule has 1 amide bonds. The van der Waals surface area contributed by atoms with Crippen LogP contribution in [0.3, 0.4) is 0 Å². The molecule has 3 aromatic rings. The molecule has 2 heterocycles. The molecule has 26 heavy (non-hydrogen) atoms. The Hall–Kier alpha value is -2.73. The minimum Gasteiger partial charge on any atom is -0.465 e. The van der Waals surface area contributed by atoms with Gasteiger partial charge in [0.1, 0.15) is 5.00 Å². The quantitative estimate of drug-likeness (QED) is 0.705. The number of aryl methyl sites for hydroxylation is 1. The Labute approximate surface area is 155 Å². The number of anilines is 1. The van der Waals surface area contributed by atoms with E-state index in [0.29, 0.717) is 16.1 Å². The number of esters is 1. The Balaban J connectivity index is 1.74. The molecule has 132 valence electrons. The molecule has 0 aliphatic heterocycles. The molecule has 0 fully saturated rings. The van der Waals surface area contributed by atoms with Gasteiger partial charge in [0.15, 0.2) is 0 Å². The Kier molecular flexibility index (Phi) is 4.42. The van der Waals surface area contributed by atoms with Crippen LogP contribution in [0.25, 0.3) is 10.9 Å². The number of nitrogens with zero attached hydrogens (tertiary/aromatic N) is 1. The van der Waals surface area contributed by atoms with E-state index in [0.717, 1.165) is 42.1 Å². The van der Waals surface area contributed by atoms with Crippen molar-refractivity contribution in [3.05, 3.63) is 58.1 Å². The second-order valence-corrected chi connectivity index (χ2v) is 7.34. The summed E-state index contributed by atoms with van der Waals surface area (Å²) in [4.78, 5) is 30.7. The van der Waals surface area contributed by atoms with E-state index in [2.05, 4.69) is 10.3 Å². The summed E-state index contributed by atoms with van der Waals surface area (Å²) in [6.07, 6.45) is 5.58. The van der Waals surface area contributed by atoms with Gasteiger partial charge in [0.05, 0.1) is 23.8 Å². The number of aromatic nitrogens is 1. The van der Waals surface area contributed by atoms with Gasteiger partial charge in [-0.2, -0.15) is 0 Å². The van der Waals surface area contributed by atoms with Crippen LogP contribution in [0.4, 0.5) is 5.00 Å². The van der Waals surface area contributed by atoms with Crippen molar-refractivity contribution in [1.82, 2.24) is 4.98 Å². The number of benzene rings is 1. The van der Waals surface area contributed by atoms with Crippen molar-refractivity contribution in [3.8, 4) is 0 Å². The summed E-state index contributed by atoms with van der Waals surface area (Å²) in [5.74, 6) is -0.633. The van der Waals surface area contributed by atoms with Crippen molar-refractivity contribution in [2.75, 3.05) is 12.4 Å². The Morgan fingerprint density at radius 2 is 1.96 bits per heavy atom. The van der Waals surface area contributed by atoms with E-state index in [-0.39, 0.29) is 11.9 Å². The Morgan fingerprint density at radius 3 is 2.81 bits per heavy atom. The number of carbonyl (C=O) groups is 2. The number of methoxy groups -OCH3 is 1. The lowest BCUT2D eigenvalue weighted by Gasteiger charge is -2.12. The lowest BCUT2D eigenvalue weighted by atomic mass is 9.95. The summed E-state index contributed by atoms with van der Waals surface area (Å²) in [6.45, 7) is 0. The molecule has 0 unspecified atom stereocenters. The number of nitrogens with one attached hydrogen (secondary N) is 1. The van der Waals surface area contributed by atoms with Crippen LogP contribution in [-0.4, -0.2) is 24.0 Å². The van der Waals surface area contributed by atoms with E-state index in [1.54, 1.807) is 12.3 Å². The first-order valence-electron chi connectivity index (χ1n) is 8.57. The molecule has 1 aliphatic carbocycles. The van der Waals surface area contributed by atoms with Crippen LogP contribution in [0.2, 0.25) is 0 Å². The predicted molar refractivity (Wildman–Crippen MR) is 102 cm³/mol. The van der Waals surface area contributed by atoms with Gasteiger partial charge >= 0.3 is 5.97 Å². The van der Waals surface area contributed by atoms with Crippen molar-refractivity contribution < 1.29 is 14.3 Å². The molecular weight excluding hydrogens is 348 g/mol. The first kappa shape index (κ1) is 16.7. The maximum Gasteiger partial charge on any atom is 0.341 e. The normalized spacial score (nSPS) is 13.3. The van der Waals surface area contributed by atoms with E-state index >= 15 is 0 Å². The second-order valence-electron chi connectivity index (χ2n) is 6.24. The van der Waals surface area contributed by atoms with E-state index in [1.165, 1.54) is 23.3 Å². The molecule has 0 atom stereocenters. The van der Waals surface area contributed by atoms with Crippen molar-refractivity contribution in [2.45, 2.75) is 25.7 Å². The van der Waals surface area contributed by atoms with Gasteiger partial charge in [0.25, 0.3) is 5.91 Å². The highest BCUT2D eigenvalue weighted by atomic mass is 32.1. The number of ether oxygens (including phenoxy) is 1. The van der Waals surface area contributed by atoms with Gasteiger partial charge in [-0.25, -0.2) is 4.79 Å². The van der Waals surface area contributed by atoms with E-state index in [9.17, 15) is 9.59 Å². The third kappa shape index (κ3) is 2.86. The van der Waals surface area contributed by atoms with Crippen molar-refractivity contribution in [1.29, 1.82) is 0 Å². The molecule has 2 aromatic heterocycles. The number of carbonyl (C=O) groups excluding carboxylic acids is 2. The van der Waals surface area contributed by atoms with E-state index in [1.807, 2.05) is 24.3 Å². The highest BCUT2D eigenvalue weighted by Crippen LogP contribution is 2.38. The fraction of sp³-hybridized carbons (Fsp3) is 0.250. The highest BCUT2D eigenvalue weighted by Gasteiger charge is 2.27. The molecule has 0 bridgehead atoms. The summed E-state index contributed by atoms with van der Waals surface area (Å²) in [5, 5.41) is 4.31. The molecule has 1 N–H and O–H groups in total. The number of amides is 1. The van der Waals surface area contributed by atoms with Gasteiger partial charge in [0.2, 0.25) is 0 Å². The molecule has 1 aromatic carbocycles. The average Bonchev–Trinajstić information content (AvgIpc) is 3.04. The molecule has 0 saturated heterocycles. The zero-order chi connectivity index (χ0) is 18.1. The summed E-state index contributed by atoms with van der Waals surface area (Å²) in [6, 6.07) is 9.21. The maximum absolute atomic E-state index is 12.9. The maximum atomic E-state index is 12.9. The van der Waals surface area contributed by atoms with Crippen LogP contribution in [-0.2, 0) is 17.6 Å². The van der Waals surface area contributed by atoms with Gasteiger partial charge < -0.3 is 10.1 Å². The van der Waals surface area contributed by atoms with E-state index in [4.69, 9.17) is 4.74 Å². The van der Waals surface area contributed by atoms with Crippen LogP contribution in [0, 0.1) is 0 Å². The van der Waals surface area contributed by atoms with Gasteiger partial charge in [-0.3, -0.25) is 9.78 Å². The van der Waals surface area contributed by atoms with Crippen LogP contribution >= 0.6 is 11.3 Å². The zero-order valence-corrected chi connectivity index (χ0v) is 15.2. The number of pyridine rings is 1. The van der Waals surface area contributed by atoms with Crippen molar-refractivity contribution in [3.63, 3.8) is 0 Å². The standard InChI is InChI=1S/C20H18N2O3S/c1-25-20(24)17-14-7-3-5-9-16(14)26-19(17)22-18(23)13-10-11-21-15-8-4-2-6-12(13)15/h2,4,6,8,10-11H,3,5,7,9H2,1H3,(H,22,23). The fourth-order valence-corrected chi connectivity index (χ4v) is 4.71. The van der Waals surface area contributed by atoms with Crippen LogP contribution in [0.15, 0.2) is 36.5 Å². The lowest BCUT2D eigenvalue weighted by molar-refractivity contribution is 0.0601. The first-order chi connectivity index (χ1) is 12.7. The smallest absolute Gasteiger partial charge is 0.341 e. The minimum atomic E-state index is -0.390. The van der Waals surface area contributed by atoms with Gasteiger partial charge in [-0.05, 0) is 43.4 Å². The number of para-hydroxylation sites is 1. The summed E-state index contributed by atoms with van der Waals surface area (Å²) in [5.41, 5.74) is 2.85. The highest BCUT2D eigenvalue weighted by molar-refractivity contribution is 7.17. The first-order valence-corrected chi connectivity index (χ1v) is 9.38. The Morgan fingerprint density at radius 1 is 1.15 bits per heavy atom.